The summed E-state index contributed by atoms with van der Waals surface area (Å²) in [7, 11) is -4.18. The van der Waals surface area contributed by atoms with Crippen LogP contribution in [0.1, 0.15) is 48.8 Å². The van der Waals surface area contributed by atoms with Crippen LogP contribution in [0.15, 0.2) is 114 Å². The number of nitrogens with zero attached hydrogens (tertiary/aromatic N) is 2. The van der Waals surface area contributed by atoms with Gasteiger partial charge in [-0.15, -0.1) is 0 Å². The zero-order chi connectivity index (χ0) is 32.5. The van der Waals surface area contributed by atoms with Gasteiger partial charge in [0.1, 0.15) is 12.6 Å². The van der Waals surface area contributed by atoms with Crippen molar-refractivity contribution in [2.24, 2.45) is 0 Å². The molecule has 1 aliphatic carbocycles. The number of nitrogens with one attached hydrogen (secondary N) is 1. The summed E-state index contributed by atoms with van der Waals surface area (Å²) in [5, 5.41) is 3.69. The molecular weight excluding hydrogens is 618 g/mol. The maximum Gasteiger partial charge on any atom is 0.264 e. The van der Waals surface area contributed by atoms with Crippen LogP contribution in [0.5, 0.6) is 0 Å². The van der Waals surface area contributed by atoms with Gasteiger partial charge in [0.25, 0.3) is 10.0 Å². The molecule has 4 aromatic carbocycles. The Labute approximate surface area is 277 Å². The second-order valence-corrected chi connectivity index (χ2v) is 14.1. The highest BCUT2D eigenvalue weighted by Gasteiger charge is 2.35. The van der Waals surface area contributed by atoms with Crippen LogP contribution in [0.2, 0.25) is 5.02 Å². The molecule has 1 fully saturated rings. The zero-order valence-electron chi connectivity index (χ0n) is 26.0. The lowest BCUT2D eigenvalue weighted by atomic mass is 9.94. The van der Waals surface area contributed by atoms with Crippen molar-refractivity contribution in [3.63, 3.8) is 0 Å². The Bertz CT molecular complexity index is 1710. The van der Waals surface area contributed by atoms with Gasteiger partial charge in [-0.2, -0.15) is 0 Å². The van der Waals surface area contributed by atoms with E-state index in [1.165, 1.54) is 12.1 Å². The van der Waals surface area contributed by atoms with E-state index in [4.69, 9.17) is 11.6 Å². The fourth-order valence-electron chi connectivity index (χ4n) is 6.01. The first-order chi connectivity index (χ1) is 22.2. The van der Waals surface area contributed by atoms with Gasteiger partial charge in [0.2, 0.25) is 11.8 Å². The summed E-state index contributed by atoms with van der Waals surface area (Å²) < 4.78 is 29.5. The molecule has 0 spiro atoms. The van der Waals surface area contributed by atoms with Gasteiger partial charge >= 0.3 is 0 Å². The van der Waals surface area contributed by atoms with Gasteiger partial charge in [-0.3, -0.25) is 13.9 Å². The lowest BCUT2D eigenvalue weighted by molar-refractivity contribution is -0.140. The minimum absolute atomic E-state index is 0.0416. The summed E-state index contributed by atoms with van der Waals surface area (Å²) in [6.07, 6.45) is 5.32. The summed E-state index contributed by atoms with van der Waals surface area (Å²) in [5.74, 6) is -0.724. The molecule has 7 nitrogen and oxygen atoms in total. The molecule has 0 unspecified atom stereocenters. The largest absolute Gasteiger partial charge is 0.352 e. The summed E-state index contributed by atoms with van der Waals surface area (Å²) in [5.41, 5.74) is 2.68. The standard InChI is InChI=1S/C37H40ClN3O4S/c1-28-24-31(38)22-23-34(28)41(46(44,45)33-20-12-5-13-21-33)27-36(42)40(26-30-16-8-3-9-17-30)35(25-29-14-6-2-7-15-29)37(43)39-32-18-10-4-11-19-32/h2-3,5-9,12-17,20-24,32,35H,4,10-11,18-19,25-27H2,1H3,(H,39,43)/t35-/m0/s1. The number of hydrogen-bond acceptors (Lipinski definition) is 4. The first-order valence-electron chi connectivity index (χ1n) is 15.7. The second kappa shape index (κ2) is 15.4. The average Bonchev–Trinajstić information content (AvgIpc) is 3.07. The molecule has 46 heavy (non-hydrogen) atoms. The summed E-state index contributed by atoms with van der Waals surface area (Å²) in [6.45, 7) is 1.39. The molecule has 240 valence electrons. The Morgan fingerprint density at radius 2 is 1.41 bits per heavy atom. The highest BCUT2D eigenvalue weighted by atomic mass is 35.5. The van der Waals surface area contributed by atoms with Crippen LogP contribution in [-0.4, -0.2) is 43.8 Å². The maximum atomic E-state index is 14.6. The van der Waals surface area contributed by atoms with E-state index in [1.807, 2.05) is 60.7 Å². The van der Waals surface area contributed by atoms with Crippen LogP contribution in [0.3, 0.4) is 0 Å². The molecule has 9 heteroatoms. The second-order valence-electron chi connectivity index (χ2n) is 11.8. The van der Waals surface area contributed by atoms with E-state index in [2.05, 4.69) is 5.32 Å². The first-order valence-corrected chi connectivity index (χ1v) is 17.6. The molecule has 0 aliphatic heterocycles. The average molecular weight is 658 g/mol. The number of hydrogen-bond donors (Lipinski definition) is 1. The van der Waals surface area contributed by atoms with Crippen LogP contribution in [0.4, 0.5) is 5.69 Å². The Hall–Kier alpha value is -4.14. The van der Waals surface area contributed by atoms with E-state index in [9.17, 15) is 18.0 Å². The van der Waals surface area contributed by atoms with Crippen LogP contribution in [0.25, 0.3) is 0 Å². The van der Waals surface area contributed by atoms with E-state index in [1.54, 1.807) is 48.2 Å². The quantitative estimate of drug-likeness (QED) is 0.179. The molecular formula is C37H40ClN3O4S. The van der Waals surface area contributed by atoms with Crippen molar-refractivity contribution in [1.29, 1.82) is 0 Å². The number of halogens is 1. The highest BCUT2D eigenvalue weighted by Crippen LogP contribution is 2.30. The van der Waals surface area contributed by atoms with E-state index < -0.39 is 28.5 Å². The molecule has 1 atom stereocenters. The number of carbonyl (C=O) groups is 2. The third-order valence-corrected chi connectivity index (χ3v) is 10.5. The van der Waals surface area contributed by atoms with Crippen LogP contribution < -0.4 is 9.62 Å². The molecule has 5 rings (SSSR count). The minimum atomic E-state index is -4.18. The fourth-order valence-corrected chi connectivity index (χ4v) is 7.74. The fraction of sp³-hybridized carbons (Fsp3) is 0.297. The third kappa shape index (κ3) is 8.36. The molecule has 0 aromatic heterocycles. The number of carbonyl (C=O) groups excluding carboxylic acids is 2. The third-order valence-electron chi connectivity index (χ3n) is 8.46. The molecule has 4 aromatic rings. The number of anilines is 1. The normalized spacial score (nSPS) is 14.3. The van der Waals surface area contributed by atoms with E-state index in [0.29, 0.717) is 16.3 Å². The van der Waals surface area contributed by atoms with Gasteiger partial charge in [0, 0.05) is 24.0 Å². The van der Waals surface area contributed by atoms with Crippen molar-refractivity contribution in [3.8, 4) is 0 Å². The van der Waals surface area contributed by atoms with Gasteiger partial charge in [-0.05, 0) is 66.8 Å². The molecule has 1 N–H and O–H groups in total. The topological polar surface area (TPSA) is 86.8 Å². The van der Waals surface area contributed by atoms with E-state index in [-0.39, 0.29) is 29.8 Å². The molecule has 0 saturated heterocycles. The van der Waals surface area contributed by atoms with Gasteiger partial charge in [0.15, 0.2) is 0 Å². The number of rotatable bonds is 12. The Morgan fingerprint density at radius 1 is 0.826 bits per heavy atom. The summed E-state index contributed by atoms with van der Waals surface area (Å²) >= 11 is 6.25. The maximum absolute atomic E-state index is 14.6. The van der Waals surface area contributed by atoms with Crippen LogP contribution >= 0.6 is 11.6 Å². The number of sulfonamides is 1. The number of benzene rings is 4. The molecule has 0 heterocycles. The van der Waals surface area contributed by atoms with Gasteiger partial charge in [-0.1, -0.05) is 110 Å². The first kappa shape index (κ1) is 33.2. The predicted octanol–water partition coefficient (Wildman–Crippen LogP) is 6.93. The van der Waals surface area contributed by atoms with Crippen LogP contribution in [-0.2, 0) is 32.6 Å². The van der Waals surface area contributed by atoms with Gasteiger partial charge < -0.3 is 10.2 Å². The minimum Gasteiger partial charge on any atom is -0.352 e. The number of amides is 2. The van der Waals surface area contributed by atoms with Crippen molar-refractivity contribution in [2.75, 3.05) is 10.8 Å². The molecule has 0 bridgehead atoms. The predicted molar refractivity (Wildman–Crippen MR) is 183 cm³/mol. The van der Waals surface area contributed by atoms with Gasteiger partial charge in [-0.25, -0.2) is 8.42 Å². The van der Waals surface area contributed by atoms with Crippen molar-refractivity contribution in [2.45, 2.75) is 69.0 Å². The molecule has 1 aliphatic rings. The van der Waals surface area contributed by atoms with Crippen molar-refractivity contribution >= 4 is 39.1 Å². The molecule has 2 amide bonds. The SMILES string of the molecule is Cc1cc(Cl)ccc1N(CC(=O)N(Cc1ccccc1)[C@@H](Cc1ccccc1)C(=O)NC1CCCCC1)S(=O)(=O)c1ccccc1. The number of aryl methyl sites for hydroxylation is 1. The van der Waals surface area contributed by atoms with Crippen molar-refractivity contribution in [3.05, 3.63) is 131 Å². The van der Waals surface area contributed by atoms with Crippen molar-refractivity contribution < 1.29 is 18.0 Å². The Kier molecular flexibility index (Phi) is 11.1. The molecule has 0 radical (unpaired) electrons. The van der Waals surface area contributed by atoms with E-state index in [0.717, 1.165) is 47.5 Å². The lowest BCUT2D eigenvalue weighted by Gasteiger charge is -2.35. The molecule has 1 saturated carbocycles. The zero-order valence-corrected chi connectivity index (χ0v) is 27.6. The van der Waals surface area contributed by atoms with Crippen LogP contribution in [0, 0.1) is 6.92 Å². The monoisotopic (exact) mass is 657 g/mol. The van der Waals surface area contributed by atoms with Gasteiger partial charge in [0.05, 0.1) is 10.6 Å². The summed E-state index contributed by atoms with van der Waals surface area (Å²) in [4.78, 5) is 30.4. The highest BCUT2D eigenvalue weighted by molar-refractivity contribution is 7.92. The smallest absolute Gasteiger partial charge is 0.264 e. The van der Waals surface area contributed by atoms with Crippen molar-refractivity contribution in [1.82, 2.24) is 10.2 Å². The Balaban J connectivity index is 1.56. The van der Waals surface area contributed by atoms with E-state index >= 15 is 0 Å². The lowest BCUT2D eigenvalue weighted by Crippen LogP contribution is -2.55. The Morgan fingerprint density at radius 3 is 2.02 bits per heavy atom. The summed E-state index contributed by atoms with van der Waals surface area (Å²) in [6, 6.07) is 31.2.